The van der Waals surface area contributed by atoms with Crippen molar-refractivity contribution in [3.63, 3.8) is 0 Å². The van der Waals surface area contributed by atoms with E-state index in [0.717, 1.165) is 17.3 Å². The number of ether oxygens (including phenoxy) is 3. The fourth-order valence-electron chi connectivity index (χ4n) is 4.96. The lowest BCUT2D eigenvalue weighted by molar-refractivity contribution is -0.161. The minimum Gasteiger partial charge on any atom is -0.468 e. The number of carbonyl (C=O) groups is 5. The summed E-state index contributed by atoms with van der Waals surface area (Å²) in [5.74, 6) is -2.91. The number of rotatable bonds is 10. The van der Waals surface area contributed by atoms with E-state index in [1.54, 1.807) is 82.3 Å². The number of nitrogens with zero attached hydrogens (tertiary/aromatic N) is 1. The molecule has 0 aliphatic carbocycles. The van der Waals surface area contributed by atoms with Crippen LogP contribution in [0.5, 0.6) is 0 Å². The number of methoxy groups -OCH3 is 1. The quantitative estimate of drug-likeness (QED) is 0.222. The van der Waals surface area contributed by atoms with Crippen LogP contribution in [0.1, 0.15) is 56.3 Å². The second-order valence-corrected chi connectivity index (χ2v) is 13.1. The van der Waals surface area contributed by atoms with Gasteiger partial charge in [0.05, 0.1) is 25.6 Å². The fourth-order valence-corrected chi connectivity index (χ4v) is 6.42. The van der Waals surface area contributed by atoms with Gasteiger partial charge in [-0.05, 0) is 56.5 Å². The molecule has 0 unspecified atom stereocenters. The van der Waals surface area contributed by atoms with Crippen LogP contribution in [0.3, 0.4) is 0 Å². The van der Waals surface area contributed by atoms with E-state index in [1.807, 2.05) is 30.3 Å². The van der Waals surface area contributed by atoms with E-state index >= 15 is 0 Å². The van der Waals surface area contributed by atoms with E-state index in [9.17, 15) is 24.0 Å². The number of benzene rings is 3. The molecule has 3 aromatic rings. The largest absolute Gasteiger partial charge is 0.468 e. The Morgan fingerprint density at radius 1 is 0.894 bits per heavy atom. The monoisotopic (exact) mass is 661 g/mol. The van der Waals surface area contributed by atoms with Crippen molar-refractivity contribution < 1.29 is 38.2 Å². The highest BCUT2D eigenvalue weighted by Gasteiger charge is 2.52. The Bertz CT molecular complexity index is 1580. The topological polar surface area (TPSA) is 140 Å². The molecule has 2 N–H and O–H groups in total. The first-order chi connectivity index (χ1) is 22.4. The molecule has 1 aliphatic heterocycles. The van der Waals surface area contributed by atoms with Crippen LogP contribution >= 0.6 is 11.8 Å². The van der Waals surface area contributed by atoms with Crippen molar-refractivity contribution >= 4 is 47.3 Å². The Morgan fingerprint density at radius 2 is 1.55 bits per heavy atom. The Balaban J connectivity index is 1.45. The minimum atomic E-state index is -1.17. The van der Waals surface area contributed by atoms with Gasteiger partial charge in [-0.1, -0.05) is 72.8 Å². The van der Waals surface area contributed by atoms with Gasteiger partial charge in [0, 0.05) is 5.69 Å². The summed E-state index contributed by atoms with van der Waals surface area (Å²) in [5.41, 5.74) is 1.67. The van der Waals surface area contributed by atoms with E-state index < -0.39 is 64.6 Å². The number of amides is 3. The third-order valence-corrected chi connectivity index (χ3v) is 8.63. The second kappa shape index (κ2) is 15.6. The van der Waals surface area contributed by atoms with Gasteiger partial charge in [-0.15, -0.1) is 11.8 Å². The standard InChI is InChI=1S/C35H39N3O8S/c1-22(31(40)45-21-23-13-8-6-9-14-23)25-17-12-18-26(19-25)37-34(43)36-20-27(39)38-28(24-15-10-7-11-16-24)29(32(41)44-5)47-30(38)33(42)46-35(2,3)4/h6-19,22,28-30H,20-21H2,1-5H3,(H2,36,37,43)/t22-,28-,29-,30-/m0/s1. The van der Waals surface area contributed by atoms with Crippen molar-refractivity contribution in [2.24, 2.45) is 0 Å². The molecule has 1 heterocycles. The zero-order valence-corrected chi connectivity index (χ0v) is 27.7. The maximum atomic E-state index is 13.8. The number of hydrogen-bond acceptors (Lipinski definition) is 9. The summed E-state index contributed by atoms with van der Waals surface area (Å²) in [6.45, 7) is 6.50. The van der Waals surface area contributed by atoms with Crippen LogP contribution in [0, 0.1) is 0 Å². The summed E-state index contributed by atoms with van der Waals surface area (Å²) in [4.78, 5) is 66.8. The molecular formula is C35H39N3O8S. The summed E-state index contributed by atoms with van der Waals surface area (Å²) in [5, 5.41) is 3.14. The van der Waals surface area contributed by atoms with Gasteiger partial charge in [0.1, 0.15) is 17.5 Å². The van der Waals surface area contributed by atoms with Crippen molar-refractivity contribution in [3.05, 3.63) is 102 Å². The number of urea groups is 1. The van der Waals surface area contributed by atoms with Gasteiger partial charge in [0.25, 0.3) is 0 Å². The van der Waals surface area contributed by atoms with Crippen LogP contribution in [0.25, 0.3) is 0 Å². The molecule has 3 aromatic carbocycles. The predicted octanol–water partition coefficient (Wildman–Crippen LogP) is 5.18. The number of nitrogens with one attached hydrogen (secondary N) is 2. The lowest BCUT2D eigenvalue weighted by Crippen LogP contribution is -2.48. The first kappa shape index (κ1) is 35.0. The van der Waals surface area contributed by atoms with E-state index in [1.165, 1.54) is 12.0 Å². The SMILES string of the molecule is COC(=O)[C@H]1S[C@@H](C(=O)OC(C)(C)C)N(C(=O)CNC(=O)Nc2cccc([C@H](C)C(=O)OCc3ccccc3)c2)[C@H]1c1ccccc1. The van der Waals surface area contributed by atoms with Gasteiger partial charge in [0.2, 0.25) is 5.91 Å². The van der Waals surface area contributed by atoms with Crippen LogP contribution in [0.15, 0.2) is 84.9 Å². The Hall–Kier alpha value is -4.84. The van der Waals surface area contributed by atoms with Gasteiger partial charge >= 0.3 is 23.9 Å². The molecule has 12 heteroatoms. The zero-order chi connectivity index (χ0) is 34.1. The van der Waals surface area contributed by atoms with Crippen molar-refractivity contribution in [2.75, 3.05) is 19.0 Å². The molecule has 1 fully saturated rings. The van der Waals surface area contributed by atoms with E-state index in [2.05, 4.69) is 10.6 Å². The molecule has 4 rings (SSSR count). The summed E-state index contributed by atoms with van der Waals surface area (Å²) >= 11 is 0.967. The molecule has 0 aromatic heterocycles. The third kappa shape index (κ3) is 9.35. The average molecular weight is 662 g/mol. The van der Waals surface area contributed by atoms with Gasteiger partial charge in [-0.2, -0.15) is 0 Å². The fraction of sp³-hybridized carbons (Fsp3) is 0.343. The van der Waals surface area contributed by atoms with Crippen LogP contribution in [0.2, 0.25) is 0 Å². The summed E-state index contributed by atoms with van der Waals surface area (Å²) in [7, 11) is 1.24. The molecule has 47 heavy (non-hydrogen) atoms. The summed E-state index contributed by atoms with van der Waals surface area (Å²) < 4.78 is 16.1. The van der Waals surface area contributed by atoms with Gasteiger partial charge in [-0.25, -0.2) is 9.59 Å². The number of esters is 3. The highest BCUT2D eigenvalue weighted by Crippen LogP contribution is 2.46. The molecular weight excluding hydrogens is 622 g/mol. The second-order valence-electron chi connectivity index (χ2n) is 11.9. The summed E-state index contributed by atoms with van der Waals surface area (Å²) in [6.07, 6.45) is 0. The van der Waals surface area contributed by atoms with Crippen LogP contribution in [-0.4, -0.2) is 64.6 Å². The Kier molecular flexibility index (Phi) is 11.7. The molecule has 11 nitrogen and oxygen atoms in total. The number of thioether (sulfide) groups is 1. The van der Waals surface area contributed by atoms with E-state index in [4.69, 9.17) is 14.2 Å². The molecule has 4 atom stereocenters. The molecule has 0 bridgehead atoms. The Labute approximate surface area is 278 Å². The minimum absolute atomic E-state index is 0.147. The smallest absolute Gasteiger partial charge is 0.340 e. The molecule has 0 saturated carbocycles. The molecule has 1 aliphatic rings. The molecule has 1 saturated heterocycles. The van der Waals surface area contributed by atoms with Crippen molar-refractivity contribution in [3.8, 4) is 0 Å². The van der Waals surface area contributed by atoms with Gasteiger partial charge in [-0.3, -0.25) is 14.4 Å². The lowest BCUT2D eigenvalue weighted by atomic mass is 10.0. The van der Waals surface area contributed by atoms with E-state index in [0.29, 0.717) is 16.8 Å². The summed E-state index contributed by atoms with van der Waals surface area (Å²) in [6, 6.07) is 23.4. The molecule has 0 radical (unpaired) electrons. The van der Waals surface area contributed by atoms with Crippen LogP contribution in [0.4, 0.5) is 10.5 Å². The first-order valence-electron chi connectivity index (χ1n) is 15.1. The number of anilines is 1. The first-order valence-corrected chi connectivity index (χ1v) is 16.0. The van der Waals surface area contributed by atoms with Crippen molar-refractivity contribution in [2.45, 2.75) is 62.5 Å². The number of carbonyl (C=O) groups excluding carboxylic acids is 5. The maximum absolute atomic E-state index is 13.8. The predicted molar refractivity (Wildman–Crippen MR) is 177 cm³/mol. The maximum Gasteiger partial charge on any atom is 0.340 e. The average Bonchev–Trinajstić information content (AvgIpc) is 3.47. The van der Waals surface area contributed by atoms with Crippen LogP contribution < -0.4 is 10.6 Å². The highest BCUT2D eigenvalue weighted by molar-refractivity contribution is 8.02. The lowest BCUT2D eigenvalue weighted by Gasteiger charge is -2.31. The van der Waals surface area contributed by atoms with Gasteiger partial charge < -0.3 is 29.7 Å². The van der Waals surface area contributed by atoms with Crippen molar-refractivity contribution in [1.29, 1.82) is 0 Å². The molecule has 248 valence electrons. The molecule has 0 spiro atoms. The van der Waals surface area contributed by atoms with E-state index in [-0.39, 0.29) is 6.61 Å². The third-order valence-electron chi connectivity index (χ3n) is 7.21. The zero-order valence-electron chi connectivity index (χ0n) is 26.9. The molecule has 3 amide bonds. The van der Waals surface area contributed by atoms with Crippen molar-refractivity contribution in [1.82, 2.24) is 10.2 Å². The van der Waals surface area contributed by atoms with Gasteiger partial charge in [0.15, 0.2) is 5.37 Å². The number of hydrogen-bond donors (Lipinski definition) is 2. The normalized spacial score (nSPS) is 18.1. The van der Waals surface area contributed by atoms with Crippen LogP contribution in [-0.2, 0) is 40.0 Å². The Morgan fingerprint density at radius 3 is 2.19 bits per heavy atom. The highest BCUT2D eigenvalue weighted by atomic mass is 32.2.